The molecule has 38 heavy (non-hydrogen) atoms. The van der Waals surface area contributed by atoms with Crippen LogP contribution in [0.1, 0.15) is 48.9 Å². The molecule has 6 rings (SSSR count). The van der Waals surface area contributed by atoms with Crippen molar-refractivity contribution in [2.24, 2.45) is 0 Å². The summed E-state index contributed by atoms with van der Waals surface area (Å²) in [6.45, 7) is 11.7. The van der Waals surface area contributed by atoms with Gasteiger partial charge in [0.15, 0.2) is 0 Å². The summed E-state index contributed by atoms with van der Waals surface area (Å²) in [4.78, 5) is 0. The first-order valence-electron chi connectivity index (χ1n) is 11.6. The summed E-state index contributed by atoms with van der Waals surface area (Å²) in [6.07, 6.45) is 9.72. The molecule has 0 saturated carbocycles. The van der Waals surface area contributed by atoms with E-state index in [-0.39, 0.29) is 50.9 Å². The number of halogens is 2. The van der Waals surface area contributed by atoms with E-state index >= 15 is 0 Å². The molecule has 2 atom stereocenters. The van der Waals surface area contributed by atoms with Crippen molar-refractivity contribution >= 4 is 53.2 Å². The van der Waals surface area contributed by atoms with E-state index in [1.165, 1.54) is 67.1 Å². The molecule has 2 aliphatic rings. The van der Waals surface area contributed by atoms with Gasteiger partial charge in [0.2, 0.25) is 0 Å². The normalized spacial score (nSPS) is 20.2. The number of ether oxygens (including phenoxy) is 2. The molecule has 2 aliphatic heterocycles. The molecule has 4 aromatic carbocycles. The Morgan fingerprint density at radius 2 is 1.08 bits per heavy atom. The summed E-state index contributed by atoms with van der Waals surface area (Å²) in [5, 5.41) is 5.27. The van der Waals surface area contributed by atoms with E-state index < -0.39 is 0 Å². The van der Waals surface area contributed by atoms with Crippen LogP contribution in [0.4, 0.5) is 0 Å². The fourth-order valence-electron chi connectivity index (χ4n) is 5.08. The zero-order valence-electron chi connectivity index (χ0n) is 23.1. The van der Waals surface area contributed by atoms with Crippen LogP contribution >= 0.6 is 24.8 Å². The van der Waals surface area contributed by atoms with E-state index in [1.54, 1.807) is 0 Å². The molecule has 2 nitrogen and oxygen atoms in total. The van der Waals surface area contributed by atoms with Crippen molar-refractivity contribution in [2.45, 2.75) is 51.7 Å². The van der Waals surface area contributed by atoms with E-state index in [4.69, 9.17) is 9.47 Å². The van der Waals surface area contributed by atoms with Crippen molar-refractivity contribution in [1.29, 1.82) is 0 Å². The van der Waals surface area contributed by atoms with Crippen LogP contribution < -0.4 is 0 Å². The quantitative estimate of drug-likeness (QED) is 0.160. The molecule has 2 unspecified atom stereocenters. The molecule has 0 fully saturated rings. The average molecular weight is 645 g/mol. The van der Waals surface area contributed by atoms with Crippen molar-refractivity contribution in [3.63, 3.8) is 0 Å². The van der Waals surface area contributed by atoms with Gasteiger partial charge in [-0.1, -0.05) is 26.0 Å². The number of rotatable bonds is 2. The summed E-state index contributed by atoms with van der Waals surface area (Å²) < 4.78 is 11.5. The maximum atomic E-state index is 5.76. The van der Waals surface area contributed by atoms with Crippen molar-refractivity contribution in [2.75, 3.05) is 0 Å². The van der Waals surface area contributed by atoms with Gasteiger partial charge in [-0.2, -0.15) is 12.1 Å². The Hall–Kier alpha value is -1.58. The fraction of sp³-hybridized carbons (Fsp3) is 0.250. The molecule has 2 radical (unpaired) electrons. The maximum absolute atomic E-state index is 5.76. The number of hydrogen-bond acceptors (Lipinski definition) is 2. The number of benzene rings is 2. The topological polar surface area (TPSA) is 18.5 Å². The summed E-state index contributed by atoms with van der Waals surface area (Å²) in [6, 6.07) is 21.9. The molecule has 0 aliphatic carbocycles. The van der Waals surface area contributed by atoms with Crippen LogP contribution in [0.2, 0.25) is 0 Å². The van der Waals surface area contributed by atoms with Gasteiger partial charge in [0.05, 0.1) is 12.5 Å². The molecule has 0 spiro atoms. The average Bonchev–Trinajstić information content (AvgIpc) is 3.61. The van der Waals surface area contributed by atoms with Gasteiger partial charge in [-0.15, -0.1) is 93.9 Å². The Bertz CT molecular complexity index is 1250. The molecular formula is C32H38Cl2O2SiZr-4. The summed E-state index contributed by atoms with van der Waals surface area (Å²) in [5.41, 5.74) is 4.86. The molecule has 0 N–H and O–H groups in total. The molecule has 6 heteroatoms. The molecule has 0 bridgehead atoms. The van der Waals surface area contributed by atoms with Crippen LogP contribution in [0.15, 0.2) is 85.3 Å². The monoisotopic (exact) mass is 642 g/mol. The Kier molecular flexibility index (Phi) is 14.6. The van der Waals surface area contributed by atoms with E-state index in [0.29, 0.717) is 0 Å². The van der Waals surface area contributed by atoms with Crippen LogP contribution in [0.25, 0.3) is 21.5 Å². The van der Waals surface area contributed by atoms with Gasteiger partial charge < -0.3 is 24.3 Å². The predicted octanol–water partition coefficient (Wildman–Crippen LogP) is 9.39. The Balaban J connectivity index is 0.000000616. The minimum absolute atomic E-state index is 0. The fourth-order valence-corrected chi connectivity index (χ4v) is 5.08. The Labute approximate surface area is 258 Å². The van der Waals surface area contributed by atoms with Crippen LogP contribution in [-0.4, -0.2) is 6.88 Å². The summed E-state index contributed by atoms with van der Waals surface area (Å²) in [7, 11) is 0. The zero-order valence-corrected chi connectivity index (χ0v) is 28.2. The second kappa shape index (κ2) is 15.3. The van der Waals surface area contributed by atoms with E-state index in [2.05, 4.69) is 107 Å². The molecule has 0 amide bonds. The first-order chi connectivity index (χ1) is 16.4. The Morgan fingerprint density at radius 1 is 0.711 bits per heavy atom. The standard InChI is InChI=1S/2C15H15O.2CH3.2ClH.Si.Zr/c2*1-11-9-12-5-3-6-14(13(12)10-11)15(2)7-4-8-16-15;;;;;;/h2*3-6,8-10H,7H2,1-2H3;2*1H3;2*1H;;/q4*-1;;;;. The number of fused-ring (bicyclic) bond motifs is 2. The van der Waals surface area contributed by atoms with Gasteiger partial charge in [-0.25, -0.2) is 0 Å². The van der Waals surface area contributed by atoms with E-state index in [0.717, 1.165) is 12.8 Å². The van der Waals surface area contributed by atoms with Crippen molar-refractivity contribution in [3.8, 4) is 0 Å². The Morgan fingerprint density at radius 3 is 1.39 bits per heavy atom. The van der Waals surface area contributed by atoms with Gasteiger partial charge in [0.25, 0.3) is 0 Å². The van der Waals surface area contributed by atoms with Crippen LogP contribution in [0, 0.1) is 28.7 Å². The second-order valence-corrected chi connectivity index (χ2v) is 9.53. The first kappa shape index (κ1) is 36.4. The van der Waals surface area contributed by atoms with Crippen LogP contribution in [0.5, 0.6) is 0 Å². The number of aryl methyl sites for hydroxylation is 2. The molecule has 0 aromatic heterocycles. The third kappa shape index (κ3) is 7.33. The van der Waals surface area contributed by atoms with Gasteiger partial charge in [0.1, 0.15) is 11.2 Å². The van der Waals surface area contributed by atoms with Gasteiger partial charge >= 0.3 is 30.2 Å². The molecule has 204 valence electrons. The van der Waals surface area contributed by atoms with Gasteiger partial charge in [0, 0.05) is 12.8 Å². The van der Waals surface area contributed by atoms with Crippen molar-refractivity contribution in [3.05, 3.63) is 122 Å². The van der Waals surface area contributed by atoms with Crippen LogP contribution in [-0.2, 0) is 44.0 Å². The predicted molar refractivity (Wildman–Crippen MR) is 166 cm³/mol. The molecular weight excluding hydrogens is 607 g/mol. The van der Waals surface area contributed by atoms with Crippen molar-refractivity contribution < 1.29 is 32.8 Å². The first-order valence-corrected chi connectivity index (χ1v) is 15.8. The summed E-state index contributed by atoms with van der Waals surface area (Å²) in [5.74, 6) is 0. The van der Waals surface area contributed by atoms with Crippen molar-refractivity contribution in [1.82, 2.24) is 0 Å². The SMILES string of the molecule is Cc1cc2c(C3(C)CC=CO3)cccc2[cH-]1.Cc1cc2c(C3(C)CC=CO3)cccc2[cH-]1.Cl.Cl.[CH3-].[CH3-].[Si]=[Zr]. The third-order valence-electron chi connectivity index (χ3n) is 6.79. The van der Waals surface area contributed by atoms with E-state index in [1.807, 2.05) is 12.5 Å². The zero-order chi connectivity index (χ0) is 24.3. The second-order valence-electron chi connectivity index (χ2n) is 9.53. The van der Waals surface area contributed by atoms with E-state index in [9.17, 15) is 0 Å². The number of hydrogen-bond donors (Lipinski definition) is 0. The third-order valence-corrected chi connectivity index (χ3v) is 6.79. The molecule has 4 aromatic rings. The minimum atomic E-state index is -0.180. The van der Waals surface area contributed by atoms with Crippen LogP contribution in [0.3, 0.4) is 0 Å². The van der Waals surface area contributed by atoms with Gasteiger partial charge in [-0.3, -0.25) is 0 Å². The summed E-state index contributed by atoms with van der Waals surface area (Å²) >= 11 is 1.36. The molecule has 0 saturated heterocycles. The molecule has 2 heterocycles. The van der Waals surface area contributed by atoms with Gasteiger partial charge in [-0.05, 0) is 37.1 Å².